The number of hydrogen-bond acceptors (Lipinski definition) is 2. The maximum absolute atomic E-state index is 11.1. The number of benzene rings is 1. The highest BCUT2D eigenvalue weighted by Crippen LogP contribution is 2.21. The first-order chi connectivity index (χ1) is 5.68. The van der Waals surface area contributed by atoms with Crippen molar-refractivity contribution >= 4 is 33.5 Å². The predicted molar refractivity (Wildman–Crippen MR) is 53.3 cm³/mol. The van der Waals surface area contributed by atoms with Crippen LogP contribution in [0.5, 0.6) is 5.75 Å². The summed E-state index contributed by atoms with van der Waals surface area (Å²) >= 11 is 2.01. The normalized spacial score (nSPS) is 10.8. The van der Waals surface area contributed by atoms with Crippen molar-refractivity contribution in [1.29, 1.82) is 0 Å². The number of hydrogen-bond donors (Lipinski definition) is 3. The molecule has 0 unspecified atom stereocenters. The number of phenolic OH excluding ortho intramolecular Hbond substituents is 1. The number of aromatic amines is 2. The maximum Gasteiger partial charge on any atom is 0.272 e. The van der Waals surface area contributed by atoms with Crippen molar-refractivity contribution in [3.63, 3.8) is 0 Å². The monoisotopic (exact) mass is 276 g/mol. The molecule has 0 amide bonds. The van der Waals surface area contributed by atoms with E-state index in [2.05, 4.69) is 10.2 Å². The molecule has 0 saturated carbocycles. The topological polar surface area (TPSA) is 68.9 Å². The molecule has 2 rings (SSSR count). The van der Waals surface area contributed by atoms with Gasteiger partial charge in [-0.2, -0.15) is 0 Å². The van der Waals surface area contributed by atoms with Gasteiger partial charge in [0.15, 0.2) is 0 Å². The number of rotatable bonds is 0. The first-order valence-electron chi connectivity index (χ1n) is 3.27. The van der Waals surface area contributed by atoms with Gasteiger partial charge in [-0.25, -0.2) is 0 Å². The number of fused-ring (bicyclic) bond motifs is 1. The van der Waals surface area contributed by atoms with Crippen LogP contribution in [0.1, 0.15) is 0 Å². The van der Waals surface area contributed by atoms with Gasteiger partial charge in [-0.05, 0) is 28.7 Å². The van der Waals surface area contributed by atoms with Gasteiger partial charge < -0.3 is 5.11 Å². The smallest absolute Gasteiger partial charge is 0.272 e. The second-order valence-electron chi connectivity index (χ2n) is 2.43. The Morgan fingerprint density at radius 1 is 1.33 bits per heavy atom. The quantitative estimate of drug-likeness (QED) is 0.632. The molecule has 0 bridgehead atoms. The average Bonchev–Trinajstić information content (AvgIpc) is 2.31. The summed E-state index contributed by atoms with van der Waals surface area (Å²) in [6.07, 6.45) is 0. The van der Waals surface area contributed by atoms with Gasteiger partial charge in [0.05, 0.1) is 10.9 Å². The third-order valence-corrected chi connectivity index (χ3v) is 2.46. The molecule has 1 aromatic heterocycles. The highest BCUT2D eigenvalue weighted by atomic mass is 127. The summed E-state index contributed by atoms with van der Waals surface area (Å²) in [4.78, 5) is 11.1. The minimum atomic E-state index is -0.158. The van der Waals surface area contributed by atoms with Crippen LogP contribution in [0, 0.1) is 3.57 Å². The Bertz CT molecular complexity index is 486. The highest BCUT2D eigenvalue weighted by molar-refractivity contribution is 14.1. The minimum Gasteiger partial charge on any atom is -0.508 e. The summed E-state index contributed by atoms with van der Waals surface area (Å²) in [6, 6.07) is 3.06. The molecule has 5 heteroatoms. The third kappa shape index (κ3) is 1.01. The van der Waals surface area contributed by atoms with Crippen LogP contribution in [0.25, 0.3) is 10.9 Å². The Labute approximate surface area is 80.7 Å². The Morgan fingerprint density at radius 2 is 2.08 bits per heavy atom. The third-order valence-electron chi connectivity index (χ3n) is 1.61. The molecule has 1 aromatic carbocycles. The Balaban J connectivity index is 3.03. The van der Waals surface area contributed by atoms with Crippen molar-refractivity contribution in [3.05, 3.63) is 26.1 Å². The molecule has 0 saturated heterocycles. The van der Waals surface area contributed by atoms with Gasteiger partial charge in [0.1, 0.15) is 5.75 Å². The second kappa shape index (κ2) is 2.51. The first kappa shape index (κ1) is 7.66. The molecule has 0 radical (unpaired) electrons. The average molecular weight is 276 g/mol. The minimum absolute atomic E-state index is 0.155. The summed E-state index contributed by atoms with van der Waals surface area (Å²) in [5.74, 6) is 0.155. The first-order valence-corrected chi connectivity index (χ1v) is 4.35. The second-order valence-corrected chi connectivity index (χ2v) is 3.59. The molecule has 0 aliphatic rings. The van der Waals surface area contributed by atoms with Gasteiger partial charge in [0.25, 0.3) is 5.56 Å². The van der Waals surface area contributed by atoms with E-state index in [0.717, 1.165) is 3.57 Å². The van der Waals surface area contributed by atoms with Crippen LogP contribution in [-0.4, -0.2) is 15.3 Å². The van der Waals surface area contributed by atoms with E-state index in [1.165, 1.54) is 6.07 Å². The fourth-order valence-corrected chi connectivity index (χ4v) is 1.96. The van der Waals surface area contributed by atoms with Crippen LogP contribution in [0.2, 0.25) is 0 Å². The number of aromatic nitrogens is 2. The zero-order valence-corrected chi connectivity index (χ0v) is 8.05. The van der Waals surface area contributed by atoms with Crippen LogP contribution in [0.3, 0.4) is 0 Å². The van der Waals surface area contributed by atoms with E-state index < -0.39 is 0 Å². The largest absolute Gasteiger partial charge is 0.508 e. The molecule has 12 heavy (non-hydrogen) atoms. The Morgan fingerprint density at radius 3 is 2.83 bits per heavy atom. The zero-order chi connectivity index (χ0) is 8.72. The molecule has 0 spiro atoms. The number of nitrogens with one attached hydrogen (secondary N) is 2. The fourth-order valence-electron chi connectivity index (χ4n) is 1.11. The van der Waals surface area contributed by atoms with E-state index in [1.807, 2.05) is 22.6 Å². The van der Waals surface area contributed by atoms with Crippen LogP contribution >= 0.6 is 22.6 Å². The SMILES string of the molecule is O=c1[nH][nH]c2cc(O)cc(I)c12. The predicted octanol–water partition coefficient (Wildman–Crippen LogP) is 1.17. The van der Waals surface area contributed by atoms with Crippen molar-refractivity contribution in [2.24, 2.45) is 0 Å². The van der Waals surface area contributed by atoms with Crippen molar-refractivity contribution in [1.82, 2.24) is 10.2 Å². The van der Waals surface area contributed by atoms with Gasteiger partial charge in [-0.1, -0.05) is 0 Å². The van der Waals surface area contributed by atoms with Gasteiger partial charge in [0.2, 0.25) is 0 Å². The number of halogens is 1. The van der Waals surface area contributed by atoms with Crippen molar-refractivity contribution < 1.29 is 5.11 Å². The molecule has 2 aromatic rings. The number of phenols is 1. The standard InChI is InChI=1S/C7H5IN2O2/c8-4-1-3(11)2-5-6(4)7(12)10-9-5/h1-2,11H,(H2,9,10,12). The van der Waals surface area contributed by atoms with E-state index in [0.29, 0.717) is 10.9 Å². The summed E-state index contributed by atoms with van der Waals surface area (Å²) < 4.78 is 0.741. The lowest BCUT2D eigenvalue weighted by molar-refractivity contribution is 0.475. The van der Waals surface area contributed by atoms with Crippen molar-refractivity contribution in [2.45, 2.75) is 0 Å². The molecular weight excluding hydrogens is 271 g/mol. The summed E-state index contributed by atoms with van der Waals surface area (Å²) in [6.45, 7) is 0. The molecule has 0 fully saturated rings. The van der Waals surface area contributed by atoms with E-state index in [9.17, 15) is 9.90 Å². The van der Waals surface area contributed by atoms with Crippen molar-refractivity contribution in [2.75, 3.05) is 0 Å². The molecule has 0 aliphatic carbocycles. The molecular formula is C7H5IN2O2. The molecule has 1 heterocycles. The summed E-state index contributed by atoms with van der Waals surface area (Å²) in [5, 5.41) is 14.9. The Kier molecular flexibility index (Phi) is 1.60. The molecule has 4 nitrogen and oxygen atoms in total. The molecule has 3 N–H and O–H groups in total. The lowest BCUT2D eigenvalue weighted by atomic mass is 10.2. The number of aromatic hydroxyl groups is 1. The maximum atomic E-state index is 11.1. The molecule has 62 valence electrons. The van der Waals surface area contributed by atoms with Gasteiger partial charge in [0, 0.05) is 9.64 Å². The Hall–Kier alpha value is -0.980. The zero-order valence-electron chi connectivity index (χ0n) is 5.89. The van der Waals surface area contributed by atoms with Crippen molar-refractivity contribution in [3.8, 4) is 5.75 Å². The van der Waals surface area contributed by atoms with E-state index in [4.69, 9.17) is 0 Å². The number of H-pyrrole nitrogens is 2. The summed E-state index contributed by atoms with van der Waals surface area (Å²) in [5.41, 5.74) is 0.471. The van der Waals surface area contributed by atoms with Crippen LogP contribution in [-0.2, 0) is 0 Å². The van der Waals surface area contributed by atoms with Gasteiger partial charge in [-0.15, -0.1) is 0 Å². The molecule has 0 aliphatic heterocycles. The highest BCUT2D eigenvalue weighted by Gasteiger charge is 2.05. The van der Waals surface area contributed by atoms with Gasteiger partial charge >= 0.3 is 0 Å². The fraction of sp³-hybridized carbons (Fsp3) is 0. The van der Waals surface area contributed by atoms with Crippen LogP contribution in [0.15, 0.2) is 16.9 Å². The van der Waals surface area contributed by atoms with E-state index >= 15 is 0 Å². The molecule has 0 atom stereocenters. The lowest BCUT2D eigenvalue weighted by Crippen LogP contribution is -1.98. The van der Waals surface area contributed by atoms with E-state index in [1.54, 1.807) is 6.07 Å². The van der Waals surface area contributed by atoms with Crippen LogP contribution in [0.4, 0.5) is 0 Å². The van der Waals surface area contributed by atoms with E-state index in [-0.39, 0.29) is 11.3 Å². The lowest BCUT2D eigenvalue weighted by Gasteiger charge is -1.93. The summed E-state index contributed by atoms with van der Waals surface area (Å²) in [7, 11) is 0. The van der Waals surface area contributed by atoms with Crippen LogP contribution < -0.4 is 5.56 Å². The van der Waals surface area contributed by atoms with Gasteiger partial charge in [-0.3, -0.25) is 15.0 Å².